The molecule has 0 atom stereocenters. The van der Waals surface area contributed by atoms with Crippen LogP contribution >= 0.6 is 0 Å². The SMILES string of the molecule is COC(=O)/C=C/c1cc(OC)ccc1/C=C/c1cccc(C)c1. The van der Waals surface area contributed by atoms with E-state index in [2.05, 4.69) is 29.9 Å². The Kier molecular flexibility index (Phi) is 5.75. The fourth-order valence-electron chi connectivity index (χ4n) is 2.16. The zero-order chi connectivity index (χ0) is 16.7. The molecule has 2 aromatic rings. The molecule has 0 aliphatic rings. The normalized spacial score (nSPS) is 11.1. The van der Waals surface area contributed by atoms with Crippen molar-refractivity contribution < 1.29 is 14.3 Å². The van der Waals surface area contributed by atoms with E-state index >= 15 is 0 Å². The van der Waals surface area contributed by atoms with Gasteiger partial charge in [0.25, 0.3) is 0 Å². The largest absolute Gasteiger partial charge is 0.497 e. The molecule has 0 unspecified atom stereocenters. The smallest absolute Gasteiger partial charge is 0.330 e. The molecule has 23 heavy (non-hydrogen) atoms. The maximum Gasteiger partial charge on any atom is 0.330 e. The molecule has 3 nitrogen and oxygen atoms in total. The van der Waals surface area contributed by atoms with Crippen molar-refractivity contribution >= 4 is 24.2 Å². The second-order valence-electron chi connectivity index (χ2n) is 5.10. The number of rotatable bonds is 5. The molecule has 0 saturated heterocycles. The van der Waals surface area contributed by atoms with E-state index in [0.717, 1.165) is 22.4 Å². The first kappa shape index (κ1) is 16.6. The first-order valence-corrected chi connectivity index (χ1v) is 7.31. The number of hydrogen-bond acceptors (Lipinski definition) is 3. The topological polar surface area (TPSA) is 35.5 Å². The average molecular weight is 308 g/mol. The summed E-state index contributed by atoms with van der Waals surface area (Å²) in [6.07, 6.45) is 7.19. The van der Waals surface area contributed by atoms with E-state index in [-0.39, 0.29) is 5.97 Å². The van der Waals surface area contributed by atoms with Crippen molar-refractivity contribution in [1.29, 1.82) is 0 Å². The molecular formula is C20H20O3. The Balaban J connectivity index is 2.33. The van der Waals surface area contributed by atoms with Crippen LogP contribution in [0.5, 0.6) is 5.75 Å². The van der Waals surface area contributed by atoms with Crippen LogP contribution in [0.25, 0.3) is 18.2 Å². The zero-order valence-corrected chi connectivity index (χ0v) is 13.6. The summed E-state index contributed by atoms with van der Waals surface area (Å²) < 4.78 is 9.88. The van der Waals surface area contributed by atoms with E-state index in [0.29, 0.717) is 0 Å². The Morgan fingerprint density at radius 3 is 2.48 bits per heavy atom. The van der Waals surface area contributed by atoms with Crippen LogP contribution in [0.4, 0.5) is 0 Å². The van der Waals surface area contributed by atoms with E-state index in [1.54, 1.807) is 13.2 Å². The fraction of sp³-hybridized carbons (Fsp3) is 0.150. The minimum atomic E-state index is -0.388. The van der Waals surface area contributed by atoms with Crippen LogP contribution < -0.4 is 4.74 Å². The molecule has 0 aromatic heterocycles. The van der Waals surface area contributed by atoms with Crippen LogP contribution in [0, 0.1) is 6.92 Å². The Labute approximate surface area is 136 Å². The summed E-state index contributed by atoms with van der Waals surface area (Å²) in [5.41, 5.74) is 4.22. The molecule has 2 aromatic carbocycles. The van der Waals surface area contributed by atoms with Crippen LogP contribution in [0.1, 0.15) is 22.3 Å². The first-order chi connectivity index (χ1) is 11.1. The lowest BCUT2D eigenvalue weighted by Crippen LogP contribution is -1.94. The molecular weight excluding hydrogens is 288 g/mol. The highest BCUT2D eigenvalue weighted by Crippen LogP contribution is 2.21. The van der Waals surface area contributed by atoms with E-state index in [9.17, 15) is 4.79 Å². The molecule has 0 aliphatic carbocycles. The molecule has 2 rings (SSSR count). The van der Waals surface area contributed by atoms with Crippen molar-refractivity contribution in [1.82, 2.24) is 0 Å². The van der Waals surface area contributed by atoms with E-state index in [1.165, 1.54) is 18.7 Å². The predicted molar refractivity (Wildman–Crippen MR) is 94.2 cm³/mol. The Hall–Kier alpha value is -2.81. The Bertz CT molecular complexity index is 742. The zero-order valence-electron chi connectivity index (χ0n) is 13.6. The van der Waals surface area contributed by atoms with Gasteiger partial charge in [-0.15, -0.1) is 0 Å². The van der Waals surface area contributed by atoms with Crippen LogP contribution in [-0.4, -0.2) is 20.2 Å². The molecule has 0 amide bonds. The second-order valence-corrected chi connectivity index (χ2v) is 5.10. The number of hydrogen-bond donors (Lipinski definition) is 0. The highest BCUT2D eigenvalue weighted by atomic mass is 16.5. The number of methoxy groups -OCH3 is 2. The van der Waals surface area contributed by atoms with Crippen LogP contribution in [0.2, 0.25) is 0 Å². The van der Waals surface area contributed by atoms with Crippen molar-refractivity contribution in [3.8, 4) is 5.75 Å². The number of aryl methyl sites for hydroxylation is 1. The maximum atomic E-state index is 11.3. The molecule has 118 valence electrons. The molecule has 0 saturated carbocycles. The number of carbonyl (C=O) groups is 1. The van der Waals surface area contributed by atoms with Crippen LogP contribution in [0.3, 0.4) is 0 Å². The van der Waals surface area contributed by atoms with Gasteiger partial charge in [0.2, 0.25) is 0 Å². The number of benzene rings is 2. The van der Waals surface area contributed by atoms with Gasteiger partial charge < -0.3 is 9.47 Å². The molecule has 0 radical (unpaired) electrons. The second kappa shape index (κ2) is 7.99. The summed E-state index contributed by atoms with van der Waals surface area (Å²) in [5, 5.41) is 0. The minimum absolute atomic E-state index is 0.388. The highest BCUT2D eigenvalue weighted by molar-refractivity contribution is 5.88. The van der Waals surface area contributed by atoms with Crippen molar-refractivity contribution in [3.63, 3.8) is 0 Å². The molecule has 0 bridgehead atoms. The summed E-state index contributed by atoms with van der Waals surface area (Å²) in [5.74, 6) is 0.351. The van der Waals surface area contributed by atoms with Gasteiger partial charge >= 0.3 is 5.97 Å². The van der Waals surface area contributed by atoms with Gasteiger partial charge in [-0.3, -0.25) is 0 Å². The quantitative estimate of drug-likeness (QED) is 0.468. The van der Waals surface area contributed by atoms with E-state index < -0.39 is 0 Å². The summed E-state index contributed by atoms with van der Waals surface area (Å²) >= 11 is 0. The maximum absolute atomic E-state index is 11.3. The summed E-state index contributed by atoms with van der Waals surface area (Å²) in [6, 6.07) is 14.0. The van der Waals surface area contributed by atoms with Gasteiger partial charge in [-0.05, 0) is 41.8 Å². The third-order valence-electron chi connectivity index (χ3n) is 3.39. The van der Waals surface area contributed by atoms with E-state index in [4.69, 9.17) is 4.74 Å². The number of esters is 1. The van der Waals surface area contributed by atoms with Gasteiger partial charge in [-0.1, -0.05) is 48.0 Å². The lowest BCUT2D eigenvalue weighted by molar-refractivity contribution is -0.134. The van der Waals surface area contributed by atoms with Gasteiger partial charge in [0.05, 0.1) is 14.2 Å². The third-order valence-corrected chi connectivity index (χ3v) is 3.39. The average Bonchev–Trinajstić information content (AvgIpc) is 2.58. The van der Waals surface area contributed by atoms with Crippen molar-refractivity contribution in [2.45, 2.75) is 6.92 Å². The van der Waals surface area contributed by atoms with Gasteiger partial charge in [0, 0.05) is 6.08 Å². The van der Waals surface area contributed by atoms with Crippen LogP contribution in [-0.2, 0) is 9.53 Å². The van der Waals surface area contributed by atoms with Gasteiger partial charge in [0.15, 0.2) is 0 Å². The number of carbonyl (C=O) groups excluding carboxylic acids is 1. The van der Waals surface area contributed by atoms with Gasteiger partial charge in [-0.2, -0.15) is 0 Å². The molecule has 0 heterocycles. The van der Waals surface area contributed by atoms with E-state index in [1.807, 2.05) is 36.4 Å². The molecule has 0 spiro atoms. The molecule has 0 fully saturated rings. The first-order valence-electron chi connectivity index (χ1n) is 7.31. The predicted octanol–water partition coefficient (Wildman–Crippen LogP) is 4.36. The number of ether oxygens (including phenoxy) is 2. The van der Waals surface area contributed by atoms with Crippen LogP contribution in [0.15, 0.2) is 48.5 Å². The standard InChI is InChI=1S/C20H20O3/c1-15-5-4-6-16(13-15)7-8-17-9-11-19(22-2)14-18(17)10-12-20(21)23-3/h4-14H,1-3H3/b8-7+,12-10+. The lowest BCUT2D eigenvalue weighted by atomic mass is 10.0. The van der Waals surface area contributed by atoms with Gasteiger partial charge in [0.1, 0.15) is 5.75 Å². The Morgan fingerprint density at radius 1 is 0.957 bits per heavy atom. The van der Waals surface area contributed by atoms with Gasteiger partial charge in [-0.25, -0.2) is 4.79 Å². The summed E-state index contributed by atoms with van der Waals surface area (Å²) in [4.78, 5) is 11.3. The summed E-state index contributed by atoms with van der Waals surface area (Å²) in [7, 11) is 2.97. The molecule has 0 aliphatic heterocycles. The Morgan fingerprint density at radius 2 is 1.78 bits per heavy atom. The molecule has 3 heteroatoms. The monoisotopic (exact) mass is 308 g/mol. The summed E-state index contributed by atoms with van der Waals surface area (Å²) in [6.45, 7) is 2.06. The minimum Gasteiger partial charge on any atom is -0.497 e. The van der Waals surface area contributed by atoms with Crippen molar-refractivity contribution in [2.24, 2.45) is 0 Å². The fourth-order valence-corrected chi connectivity index (χ4v) is 2.16. The third kappa shape index (κ3) is 4.85. The van der Waals surface area contributed by atoms with Crippen molar-refractivity contribution in [3.05, 3.63) is 70.8 Å². The molecule has 0 N–H and O–H groups in total. The lowest BCUT2D eigenvalue weighted by Gasteiger charge is -2.05. The van der Waals surface area contributed by atoms with Crippen molar-refractivity contribution in [2.75, 3.05) is 14.2 Å². The highest BCUT2D eigenvalue weighted by Gasteiger charge is 2.01.